The van der Waals surface area contributed by atoms with Crippen molar-refractivity contribution in [2.75, 3.05) is 12.9 Å². The predicted octanol–water partition coefficient (Wildman–Crippen LogP) is 3.45. The van der Waals surface area contributed by atoms with Crippen LogP contribution in [0.15, 0.2) is 74.1 Å². The largest absolute Gasteiger partial charge is 0.466 e. The number of dihydropyridines is 1. The molecule has 0 aromatic heterocycles. The number of rotatable bonds is 2. The summed E-state index contributed by atoms with van der Waals surface area (Å²) in [5.74, 6) is -5.70. The minimum absolute atomic E-state index is 0.0891. The summed E-state index contributed by atoms with van der Waals surface area (Å²) in [6.07, 6.45) is -5.12. The zero-order chi connectivity index (χ0) is 25.9. The monoisotopic (exact) mass is 531 g/mol. The third-order valence-electron chi connectivity index (χ3n) is 5.74. The Morgan fingerprint density at radius 1 is 1.03 bits per heavy atom. The Bertz CT molecular complexity index is 1540. The van der Waals surface area contributed by atoms with Crippen LogP contribution in [0.2, 0.25) is 0 Å². The molecule has 2 aliphatic heterocycles. The summed E-state index contributed by atoms with van der Waals surface area (Å²) in [6, 6.07) is 6.98. The summed E-state index contributed by atoms with van der Waals surface area (Å²) in [5, 5.41) is 2.59. The zero-order valence-corrected chi connectivity index (χ0v) is 19.7. The van der Waals surface area contributed by atoms with E-state index < -0.39 is 86.4 Å². The second kappa shape index (κ2) is 8.19. The molecule has 2 aromatic rings. The number of fused-ring (bicyclic) bond motifs is 1. The van der Waals surface area contributed by atoms with Crippen molar-refractivity contribution in [3.05, 3.63) is 81.3 Å². The third-order valence-corrected chi connectivity index (χ3v) is 9.56. The smallest absolute Gasteiger partial charge is 0.419 e. The summed E-state index contributed by atoms with van der Waals surface area (Å²) < 4.78 is 114. The van der Waals surface area contributed by atoms with Gasteiger partial charge in [-0.2, -0.15) is 13.2 Å². The first-order chi connectivity index (χ1) is 16.2. The first kappa shape index (κ1) is 24.9. The highest BCUT2D eigenvalue weighted by Crippen LogP contribution is 2.48. The Morgan fingerprint density at radius 3 is 2.26 bits per heavy atom. The highest BCUT2D eigenvalue weighted by molar-refractivity contribution is 7.97. The number of sulfone groups is 2. The predicted molar refractivity (Wildman–Crippen MR) is 115 cm³/mol. The number of benzene rings is 2. The Morgan fingerprint density at radius 2 is 1.66 bits per heavy atom. The lowest BCUT2D eigenvalue weighted by molar-refractivity contribution is -0.140. The van der Waals surface area contributed by atoms with Crippen molar-refractivity contribution in [1.82, 2.24) is 5.32 Å². The number of hydrogen-bond donors (Lipinski definition) is 1. The molecule has 13 heteroatoms. The molecule has 0 saturated heterocycles. The van der Waals surface area contributed by atoms with E-state index in [1.807, 2.05) is 0 Å². The van der Waals surface area contributed by atoms with Crippen molar-refractivity contribution in [2.45, 2.75) is 28.8 Å². The van der Waals surface area contributed by atoms with Gasteiger partial charge >= 0.3 is 12.1 Å². The molecular formula is C22H17F4NO6S2. The molecule has 1 atom stereocenters. The number of methoxy groups -OCH3 is 1. The fourth-order valence-electron chi connectivity index (χ4n) is 4.29. The van der Waals surface area contributed by atoms with Gasteiger partial charge in [-0.25, -0.2) is 26.0 Å². The second-order valence-electron chi connectivity index (χ2n) is 7.85. The van der Waals surface area contributed by atoms with E-state index in [-0.39, 0.29) is 5.70 Å². The van der Waals surface area contributed by atoms with Gasteiger partial charge in [-0.15, -0.1) is 0 Å². The number of hydrogen-bond acceptors (Lipinski definition) is 7. The van der Waals surface area contributed by atoms with Crippen LogP contribution < -0.4 is 5.32 Å². The summed E-state index contributed by atoms with van der Waals surface area (Å²) in [7, 11) is -8.04. The quantitative estimate of drug-likeness (QED) is 0.467. The van der Waals surface area contributed by atoms with Gasteiger partial charge in [0.1, 0.15) is 5.82 Å². The molecule has 2 heterocycles. The Labute approximate surface area is 197 Å². The van der Waals surface area contributed by atoms with Crippen molar-refractivity contribution < 1.29 is 43.9 Å². The molecule has 0 radical (unpaired) electrons. The average Bonchev–Trinajstić information content (AvgIpc) is 2.83. The van der Waals surface area contributed by atoms with E-state index in [1.54, 1.807) is 0 Å². The Kier molecular flexibility index (Phi) is 5.83. The van der Waals surface area contributed by atoms with Crippen molar-refractivity contribution in [1.29, 1.82) is 0 Å². The van der Waals surface area contributed by atoms with Gasteiger partial charge in [0, 0.05) is 17.0 Å². The molecule has 7 nitrogen and oxygen atoms in total. The van der Waals surface area contributed by atoms with Gasteiger partial charge in [0.15, 0.2) is 9.84 Å². The van der Waals surface area contributed by atoms with Crippen LogP contribution in [0.3, 0.4) is 0 Å². The van der Waals surface area contributed by atoms with Crippen LogP contribution in [0.5, 0.6) is 0 Å². The summed E-state index contributed by atoms with van der Waals surface area (Å²) in [4.78, 5) is 10.8. The molecule has 0 bridgehead atoms. The lowest BCUT2D eigenvalue weighted by Crippen LogP contribution is -2.34. The number of alkyl halides is 3. The molecule has 1 N–H and O–H groups in total. The molecule has 0 saturated carbocycles. The van der Waals surface area contributed by atoms with Gasteiger partial charge in [-0.1, -0.05) is 24.3 Å². The molecule has 0 fully saturated rings. The lowest BCUT2D eigenvalue weighted by atomic mass is 9.85. The first-order valence-corrected chi connectivity index (χ1v) is 13.1. The maximum Gasteiger partial charge on any atom is 0.419 e. The molecule has 2 aromatic carbocycles. The van der Waals surface area contributed by atoms with E-state index in [2.05, 4.69) is 5.32 Å². The number of halogens is 4. The molecule has 2 aliphatic rings. The molecule has 186 valence electrons. The van der Waals surface area contributed by atoms with Gasteiger partial charge in [-0.05, 0) is 25.1 Å². The van der Waals surface area contributed by atoms with E-state index in [0.717, 1.165) is 31.4 Å². The normalized spacial score (nSPS) is 20.9. The SMILES string of the molecule is COC(=O)C1=C(C)NC2=C(C1c1cccc(C(F)(F)F)c1F)S(=O)(=O)c1ccccc1S(=O)(=O)C2. The van der Waals surface area contributed by atoms with Crippen molar-refractivity contribution >= 4 is 25.6 Å². The topological polar surface area (TPSA) is 107 Å². The molecular weight excluding hydrogens is 514 g/mol. The second-order valence-corrected chi connectivity index (χ2v) is 11.7. The van der Waals surface area contributed by atoms with Gasteiger partial charge in [0.05, 0.1) is 44.6 Å². The highest BCUT2D eigenvalue weighted by atomic mass is 32.2. The summed E-state index contributed by atoms with van der Waals surface area (Å²) in [6.45, 7) is 1.28. The fourth-order valence-corrected chi connectivity index (χ4v) is 8.34. The van der Waals surface area contributed by atoms with Crippen LogP contribution in [-0.4, -0.2) is 35.7 Å². The number of nitrogens with one attached hydrogen (secondary N) is 1. The van der Waals surface area contributed by atoms with Crippen LogP contribution >= 0.6 is 0 Å². The van der Waals surface area contributed by atoms with Crippen LogP contribution in [0.4, 0.5) is 17.6 Å². The summed E-state index contributed by atoms with van der Waals surface area (Å²) >= 11 is 0. The van der Waals surface area contributed by atoms with E-state index in [0.29, 0.717) is 6.07 Å². The lowest BCUT2D eigenvalue weighted by Gasteiger charge is -2.31. The van der Waals surface area contributed by atoms with Crippen LogP contribution in [0.25, 0.3) is 0 Å². The van der Waals surface area contributed by atoms with Crippen molar-refractivity contribution in [2.24, 2.45) is 0 Å². The molecule has 0 aliphatic carbocycles. The van der Waals surface area contributed by atoms with E-state index >= 15 is 4.39 Å². The zero-order valence-electron chi connectivity index (χ0n) is 18.1. The molecule has 1 unspecified atom stereocenters. The van der Waals surface area contributed by atoms with E-state index in [9.17, 15) is 34.8 Å². The standard InChI is InChI=1S/C22H17F4NO6S2/c1-11-17(21(28)33-2)18(12-6-5-7-13(19(12)23)22(24,25)26)20-14(27-11)10-34(29,30)15-8-3-4-9-16(15)35(20,31)32/h3-9,18,27H,10H2,1-2H3. The number of ether oxygens (including phenoxy) is 1. The fraction of sp³-hybridized carbons (Fsp3) is 0.227. The van der Waals surface area contributed by atoms with Crippen LogP contribution in [-0.2, 0) is 35.4 Å². The van der Waals surface area contributed by atoms with Crippen LogP contribution in [0.1, 0.15) is 24.0 Å². The Hall–Kier alpha value is -3.19. The van der Waals surface area contributed by atoms with Crippen molar-refractivity contribution in [3.8, 4) is 0 Å². The van der Waals surface area contributed by atoms with Gasteiger partial charge in [0.2, 0.25) is 9.84 Å². The Balaban J connectivity index is 2.13. The number of carbonyl (C=O) groups excluding carboxylic acids is 1. The average molecular weight is 532 g/mol. The molecule has 0 amide bonds. The third kappa shape index (κ3) is 3.92. The first-order valence-electron chi connectivity index (χ1n) is 9.93. The molecule has 4 rings (SSSR count). The number of esters is 1. The summed E-state index contributed by atoms with van der Waals surface area (Å²) in [5.41, 5.74) is -3.39. The van der Waals surface area contributed by atoms with Gasteiger partial charge < -0.3 is 10.1 Å². The maximum absolute atomic E-state index is 15.3. The van der Waals surface area contributed by atoms with Gasteiger partial charge in [-0.3, -0.25) is 0 Å². The maximum atomic E-state index is 15.3. The highest BCUT2D eigenvalue weighted by Gasteiger charge is 2.47. The van der Waals surface area contributed by atoms with Gasteiger partial charge in [0.25, 0.3) is 0 Å². The number of allylic oxidation sites excluding steroid dienone is 2. The van der Waals surface area contributed by atoms with E-state index in [4.69, 9.17) is 4.74 Å². The minimum atomic E-state index is -5.12. The molecule has 0 spiro atoms. The molecule has 35 heavy (non-hydrogen) atoms. The number of carbonyl (C=O) groups is 1. The van der Waals surface area contributed by atoms with E-state index in [1.165, 1.54) is 19.1 Å². The minimum Gasteiger partial charge on any atom is -0.466 e. The van der Waals surface area contributed by atoms with Crippen LogP contribution in [0, 0.1) is 5.82 Å². The van der Waals surface area contributed by atoms with Crippen molar-refractivity contribution in [3.63, 3.8) is 0 Å².